The molecule has 2 aromatic rings. The highest BCUT2D eigenvalue weighted by Crippen LogP contribution is 2.31. The van der Waals surface area contributed by atoms with Gasteiger partial charge in [-0.2, -0.15) is 0 Å². The minimum absolute atomic E-state index is 0.298. The van der Waals surface area contributed by atoms with Crippen LogP contribution >= 0.6 is 11.3 Å². The first-order valence-corrected chi connectivity index (χ1v) is 7.42. The summed E-state index contributed by atoms with van der Waals surface area (Å²) < 4.78 is 0. The summed E-state index contributed by atoms with van der Waals surface area (Å²) in [5, 5.41) is 19.2. The predicted octanol–water partition coefficient (Wildman–Crippen LogP) is 2.51. The van der Waals surface area contributed by atoms with Crippen molar-refractivity contribution in [2.24, 2.45) is 5.92 Å². The van der Waals surface area contributed by atoms with E-state index in [-0.39, 0.29) is 5.92 Å². The molecule has 1 N–H and O–H groups in total. The van der Waals surface area contributed by atoms with E-state index in [0.29, 0.717) is 6.54 Å². The van der Waals surface area contributed by atoms with Gasteiger partial charge in [-0.25, -0.2) is 0 Å². The van der Waals surface area contributed by atoms with E-state index in [0.717, 1.165) is 35.1 Å². The zero-order chi connectivity index (χ0) is 13.9. The van der Waals surface area contributed by atoms with Gasteiger partial charge in [-0.1, -0.05) is 41.7 Å². The lowest BCUT2D eigenvalue weighted by molar-refractivity contribution is -0.141. The number of carboxylic acid groups (broad SMARTS) is 1. The second-order valence-electron chi connectivity index (χ2n) is 4.88. The van der Waals surface area contributed by atoms with Gasteiger partial charge < -0.3 is 10.0 Å². The molecular weight excluding hydrogens is 274 g/mol. The van der Waals surface area contributed by atoms with Gasteiger partial charge in [0.1, 0.15) is 5.01 Å². The minimum atomic E-state index is -0.720. The number of carbonyl (C=O) groups is 1. The smallest absolute Gasteiger partial charge is 0.308 e. The van der Waals surface area contributed by atoms with Gasteiger partial charge in [0.25, 0.3) is 0 Å². The molecule has 0 radical (unpaired) electrons. The lowest BCUT2D eigenvalue weighted by atomic mass is 9.99. The van der Waals surface area contributed by atoms with Crippen molar-refractivity contribution < 1.29 is 9.90 Å². The summed E-state index contributed by atoms with van der Waals surface area (Å²) in [6, 6.07) is 9.91. The summed E-state index contributed by atoms with van der Waals surface area (Å²) in [5.41, 5.74) is 1.04. The van der Waals surface area contributed by atoms with Crippen molar-refractivity contribution in [2.45, 2.75) is 12.8 Å². The van der Waals surface area contributed by atoms with Crippen LogP contribution in [-0.4, -0.2) is 34.4 Å². The molecule has 1 saturated heterocycles. The van der Waals surface area contributed by atoms with E-state index in [1.807, 2.05) is 35.2 Å². The zero-order valence-electron chi connectivity index (χ0n) is 10.9. The second kappa shape index (κ2) is 5.58. The molecule has 0 amide bonds. The van der Waals surface area contributed by atoms with Crippen molar-refractivity contribution in [1.82, 2.24) is 10.2 Å². The van der Waals surface area contributed by atoms with Crippen LogP contribution in [0.15, 0.2) is 30.3 Å². The Balaban J connectivity index is 1.78. The first-order valence-electron chi connectivity index (χ1n) is 6.61. The first kappa shape index (κ1) is 13.1. The Kier molecular flexibility index (Phi) is 3.64. The molecule has 3 rings (SSSR count). The molecule has 104 valence electrons. The molecule has 1 aromatic heterocycles. The first-order chi connectivity index (χ1) is 9.74. The SMILES string of the molecule is O=C(O)C1CCCN(c2nnc(-c3ccccc3)s2)C1. The fourth-order valence-electron chi connectivity index (χ4n) is 2.39. The molecule has 6 heteroatoms. The molecule has 1 aromatic carbocycles. The van der Waals surface area contributed by atoms with E-state index in [1.165, 1.54) is 11.3 Å². The highest BCUT2D eigenvalue weighted by atomic mass is 32.1. The monoisotopic (exact) mass is 289 g/mol. The Morgan fingerprint density at radius 3 is 2.85 bits per heavy atom. The summed E-state index contributed by atoms with van der Waals surface area (Å²) >= 11 is 1.52. The van der Waals surface area contributed by atoms with Crippen LogP contribution in [0.5, 0.6) is 0 Å². The third kappa shape index (κ3) is 2.65. The van der Waals surface area contributed by atoms with E-state index in [4.69, 9.17) is 5.11 Å². The number of carboxylic acids is 1. The van der Waals surface area contributed by atoms with Crippen LogP contribution in [0, 0.1) is 5.92 Å². The largest absolute Gasteiger partial charge is 0.481 e. The van der Waals surface area contributed by atoms with Crippen LogP contribution in [0.1, 0.15) is 12.8 Å². The number of hydrogen-bond acceptors (Lipinski definition) is 5. The normalized spacial score (nSPS) is 19.0. The van der Waals surface area contributed by atoms with Crippen LogP contribution in [-0.2, 0) is 4.79 Å². The topological polar surface area (TPSA) is 66.3 Å². The average molecular weight is 289 g/mol. The Morgan fingerprint density at radius 1 is 1.30 bits per heavy atom. The lowest BCUT2D eigenvalue weighted by Gasteiger charge is -2.29. The molecule has 0 saturated carbocycles. The van der Waals surface area contributed by atoms with Gasteiger partial charge in [0, 0.05) is 18.7 Å². The predicted molar refractivity (Wildman–Crippen MR) is 77.9 cm³/mol. The quantitative estimate of drug-likeness (QED) is 0.940. The van der Waals surface area contributed by atoms with E-state index in [9.17, 15) is 4.79 Å². The number of anilines is 1. The maximum absolute atomic E-state index is 11.1. The van der Waals surface area contributed by atoms with Gasteiger partial charge >= 0.3 is 5.97 Å². The minimum Gasteiger partial charge on any atom is -0.481 e. The number of piperidine rings is 1. The molecule has 1 fully saturated rings. The molecule has 20 heavy (non-hydrogen) atoms. The molecule has 0 bridgehead atoms. The van der Waals surface area contributed by atoms with Crippen molar-refractivity contribution in [2.75, 3.05) is 18.0 Å². The highest BCUT2D eigenvalue weighted by molar-refractivity contribution is 7.18. The lowest BCUT2D eigenvalue weighted by Crippen LogP contribution is -2.38. The van der Waals surface area contributed by atoms with E-state index in [2.05, 4.69) is 10.2 Å². The highest BCUT2D eigenvalue weighted by Gasteiger charge is 2.27. The van der Waals surface area contributed by atoms with Crippen LogP contribution in [0.3, 0.4) is 0 Å². The van der Waals surface area contributed by atoms with Crippen molar-refractivity contribution in [1.29, 1.82) is 0 Å². The van der Waals surface area contributed by atoms with Gasteiger partial charge in [-0.15, -0.1) is 10.2 Å². The van der Waals surface area contributed by atoms with Gasteiger partial charge in [-0.05, 0) is 12.8 Å². The molecule has 5 nitrogen and oxygen atoms in total. The number of nitrogens with zero attached hydrogens (tertiary/aromatic N) is 3. The number of benzene rings is 1. The summed E-state index contributed by atoms with van der Waals surface area (Å²) in [7, 11) is 0. The molecule has 1 atom stereocenters. The zero-order valence-corrected chi connectivity index (χ0v) is 11.7. The van der Waals surface area contributed by atoms with Crippen molar-refractivity contribution in [3.63, 3.8) is 0 Å². The standard InChI is InChI=1S/C14H15N3O2S/c18-13(19)11-7-4-8-17(9-11)14-16-15-12(20-14)10-5-2-1-3-6-10/h1-3,5-6,11H,4,7-9H2,(H,18,19). The molecule has 1 aliphatic rings. The van der Waals surface area contributed by atoms with Crippen molar-refractivity contribution >= 4 is 22.4 Å². The summed E-state index contributed by atoms with van der Waals surface area (Å²) in [6.45, 7) is 1.38. The van der Waals surface area contributed by atoms with Gasteiger partial charge in [-0.3, -0.25) is 4.79 Å². The van der Waals surface area contributed by atoms with Crippen LogP contribution < -0.4 is 4.90 Å². The maximum atomic E-state index is 11.1. The van der Waals surface area contributed by atoms with E-state index < -0.39 is 5.97 Å². The van der Waals surface area contributed by atoms with Gasteiger partial charge in [0.2, 0.25) is 5.13 Å². The van der Waals surface area contributed by atoms with E-state index in [1.54, 1.807) is 0 Å². The van der Waals surface area contributed by atoms with E-state index >= 15 is 0 Å². The van der Waals surface area contributed by atoms with Crippen molar-refractivity contribution in [3.05, 3.63) is 30.3 Å². The van der Waals surface area contributed by atoms with Gasteiger partial charge in [0.05, 0.1) is 5.92 Å². The fourth-order valence-corrected chi connectivity index (χ4v) is 3.28. The van der Waals surface area contributed by atoms with Crippen LogP contribution in [0.25, 0.3) is 10.6 Å². The molecule has 0 aliphatic carbocycles. The third-order valence-electron chi connectivity index (χ3n) is 3.48. The fraction of sp³-hybridized carbons (Fsp3) is 0.357. The number of aliphatic carboxylic acids is 1. The summed E-state index contributed by atoms with van der Waals surface area (Å²) in [4.78, 5) is 13.1. The number of rotatable bonds is 3. The van der Waals surface area contributed by atoms with Crippen LogP contribution in [0.2, 0.25) is 0 Å². The molecule has 2 heterocycles. The summed E-state index contributed by atoms with van der Waals surface area (Å²) in [6.07, 6.45) is 1.63. The molecular formula is C14H15N3O2S. The Morgan fingerprint density at radius 2 is 2.10 bits per heavy atom. The van der Waals surface area contributed by atoms with Crippen molar-refractivity contribution in [3.8, 4) is 10.6 Å². The summed E-state index contributed by atoms with van der Waals surface area (Å²) in [5.74, 6) is -1.02. The Labute approximate surface area is 120 Å². The molecule has 0 spiro atoms. The second-order valence-corrected chi connectivity index (χ2v) is 5.84. The molecule has 1 aliphatic heterocycles. The maximum Gasteiger partial charge on any atom is 0.308 e. The Bertz CT molecular complexity index is 599. The number of hydrogen-bond donors (Lipinski definition) is 1. The van der Waals surface area contributed by atoms with Crippen LogP contribution in [0.4, 0.5) is 5.13 Å². The van der Waals surface area contributed by atoms with Gasteiger partial charge in [0.15, 0.2) is 0 Å². The Hall–Kier alpha value is -1.95. The molecule has 1 unspecified atom stereocenters. The number of aromatic nitrogens is 2. The third-order valence-corrected chi connectivity index (χ3v) is 4.51. The average Bonchev–Trinajstić information content (AvgIpc) is 2.98.